The molecule has 0 fully saturated rings. The Morgan fingerprint density at radius 2 is 1.89 bits per heavy atom. The van der Waals surface area contributed by atoms with Gasteiger partial charge in [-0.3, -0.25) is 9.59 Å². The lowest BCUT2D eigenvalue weighted by molar-refractivity contribution is -0.151. The Hall–Kier alpha value is -2.75. The quantitative estimate of drug-likeness (QED) is 0.569. The average molecular weight is 366 g/mol. The summed E-state index contributed by atoms with van der Waals surface area (Å²) in [6.07, 6.45) is 2.86. The average Bonchev–Trinajstić information content (AvgIpc) is 2.67. The maximum atomic E-state index is 13.6. The van der Waals surface area contributed by atoms with Gasteiger partial charge in [0, 0.05) is 5.92 Å². The third-order valence-corrected chi connectivity index (χ3v) is 5.02. The van der Waals surface area contributed by atoms with Crippen LogP contribution in [-0.2, 0) is 20.7 Å². The summed E-state index contributed by atoms with van der Waals surface area (Å²) in [4.78, 5) is 25.3. The van der Waals surface area contributed by atoms with E-state index in [2.05, 4.69) is 6.92 Å². The van der Waals surface area contributed by atoms with Crippen LogP contribution < -0.4 is 0 Å². The molecule has 140 valence electrons. The molecule has 4 heteroatoms. The fourth-order valence-electron chi connectivity index (χ4n) is 3.59. The molecule has 2 aromatic carbocycles. The highest BCUT2D eigenvalue weighted by atomic mass is 19.1. The first-order chi connectivity index (χ1) is 13.0. The van der Waals surface area contributed by atoms with Crippen molar-refractivity contribution in [3.8, 4) is 0 Å². The van der Waals surface area contributed by atoms with Gasteiger partial charge in [-0.05, 0) is 60.2 Å². The van der Waals surface area contributed by atoms with Crippen molar-refractivity contribution >= 4 is 17.3 Å². The van der Waals surface area contributed by atoms with E-state index in [1.165, 1.54) is 23.8 Å². The first-order valence-electron chi connectivity index (χ1n) is 9.29. The first-order valence-corrected chi connectivity index (χ1v) is 9.29. The fourth-order valence-corrected chi connectivity index (χ4v) is 3.59. The summed E-state index contributed by atoms with van der Waals surface area (Å²) in [6, 6.07) is 14.2. The molecule has 1 aliphatic rings. The second-order valence-electron chi connectivity index (χ2n) is 6.72. The number of halogens is 1. The molecule has 0 radical (unpaired) electrons. The Morgan fingerprint density at radius 1 is 1.15 bits per heavy atom. The normalized spacial score (nSPS) is 19.5. The molecular weight excluding hydrogens is 343 g/mol. The summed E-state index contributed by atoms with van der Waals surface area (Å²) < 4.78 is 18.8. The topological polar surface area (TPSA) is 43.4 Å². The van der Waals surface area contributed by atoms with Crippen LogP contribution in [0.2, 0.25) is 0 Å². The molecule has 0 aliphatic heterocycles. The predicted molar refractivity (Wildman–Crippen MR) is 103 cm³/mol. The fraction of sp³-hybridized carbons (Fsp3) is 0.304. The zero-order valence-corrected chi connectivity index (χ0v) is 15.6. The van der Waals surface area contributed by atoms with E-state index in [1.54, 1.807) is 19.1 Å². The van der Waals surface area contributed by atoms with E-state index < -0.39 is 11.9 Å². The van der Waals surface area contributed by atoms with Gasteiger partial charge in [0.2, 0.25) is 0 Å². The molecule has 3 rings (SSSR count). The molecule has 0 amide bonds. The van der Waals surface area contributed by atoms with Gasteiger partial charge in [-0.1, -0.05) is 43.3 Å². The van der Waals surface area contributed by atoms with Crippen molar-refractivity contribution in [3.05, 3.63) is 77.1 Å². The summed E-state index contributed by atoms with van der Waals surface area (Å²) in [7, 11) is 0. The highest BCUT2D eigenvalue weighted by Crippen LogP contribution is 2.40. The molecular formula is C23H23FO3. The van der Waals surface area contributed by atoms with Crippen LogP contribution in [-0.4, -0.2) is 18.4 Å². The zero-order chi connectivity index (χ0) is 19.4. The predicted octanol–water partition coefficient (Wildman–Crippen LogP) is 4.71. The van der Waals surface area contributed by atoms with Crippen molar-refractivity contribution < 1.29 is 18.7 Å². The van der Waals surface area contributed by atoms with Crippen molar-refractivity contribution in [1.82, 2.24) is 0 Å². The van der Waals surface area contributed by atoms with Crippen LogP contribution in [0.4, 0.5) is 4.39 Å². The highest BCUT2D eigenvalue weighted by Gasteiger charge is 2.39. The van der Waals surface area contributed by atoms with Crippen molar-refractivity contribution in [2.75, 3.05) is 6.61 Å². The minimum atomic E-state index is -0.866. The molecule has 0 spiro atoms. The molecule has 1 aliphatic carbocycles. The van der Waals surface area contributed by atoms with Gasteiger partial charge in [-0.2, -0.15) is 0 Å². The monoisotopic (exact) mass is 366 g/mol. The first kappa shape index (κ1) is 19.0. The van der Waals surface area contributed by atoms with Gasteiger partial charge in [0.05, 0.1) is 6.61 Å². The second kappa shape index (κ2) is 8.30. The van der Waals surface area contributed by atoms with E-state index in [0.29, 0.717) is 12.0 Å². The van der Waals surface area contributed by atoms with Gasteiger partial charge in [-0.25, -0.2) is 4.39 Å². The van der Waals surface area contributed by atoms with E-state index in [-0.39, 0.29) is 24.1 Å². The Balaban J connectivity index is 2.01. The van der Waals surface area contributed by atoms with Crippen LogP contribution in [0.5, 0.6) is 0 Å². The van der Waals surface area contributed by atoms with Crippen molar-refractivity contribution in [2.24, 2.45) is 5.92 Å². The number of benzene rings is 2. The van der Waals surface area contributed by atoms with Crippen molar-refractivity contribution in [1.29, 1.82) is 0 Å². The summed E-state index contributed by atoms with van der Waals surface area (Å²) in [5.41, 5.74) is 3.51. The molecule has 0 N–H and O–H groups in total. The van der Waals surface area contributed by atoms with E-state index in [4.69, 9.17) is 4.74 Å². The molecule has 0 aromatic heterocycles. The van der Waals surface area contributed by atoms with Crippen LogP contribution in [0.25, 0.3) is 5.57 Å². The molecule has 2 atom stereocenters. The second-order valence-corrected chi connectivity index (χ2v) is 6.72. The molecule has 0 bridgehead atoms. The number of carbonyl (C=O) groups is 2. The largest absolute Gasteiger partial charge is 0.465 e. The van der Waals surface area contributed by atoms with Crippen LogP contribution in [0.3, 0.4) is 0 Å². The SMILES string of the molecule is CCOC(=O)[C@H]1C(=O)C=C(c2cccc(F)c2)C[C@H]1c1ccc(CC)cc1. The molecule has 27 heavy (non-hydrogen) atoms. The number of allylic oxidation sites excluding steroid dienone is 2. The number of aryl methyl sites for hydroxylation is 1. The van der Waals surface area contributed by atoms with Crippen LogP contribution in [0, 0.1) is 11.7 Å². The molecule has 2 aromatic rings. The Kier molecular flexibility index (Phi) is 5.84. The summed E-state index contributed by atoms with van der Waals surface area (Å²) >= 11 is 0. The summed E-state index contributed by atoms with van der Waals surface area (Å²) in [6.45, 7) is 4.03. The molecule has 0 saturated heterocycles. The van der Waals surface area contributed by atoms with Gasteiger partial charge < -0.3 is 4.74 Å². The van der Waals surface area contributed by atoms with Gasteiger partial charge in [0.1, 0.15) is 11.7 Å². The number of esters is 1. The minimum Gasteiger partial charge on any atom is -0.465 e. The third kappa shape index (κ3) is 4.16. The number of hydrogen-bond donors (Lipinski definition) is 0. The van der Waals surface area contributed by atoms with Crippen LogP contribution >= 0.6 is 0 Å². The van der Waals surface area contributed by atoms with E-state index in [0.717, 1.165) is 17.6 Å². The smallest absolute Gasteiger partial charge is 0.317 e. The Bertz CT molecular complexity index is 867. The van der Waals surface area contributed by atoms with Gasteiger partial charge >= 0.3 is 5.97 Å². The van der Waals surface area contributed by atoms with Crippen molar-refractivity contribution in [3.63, 3.8) is 0 Å². The maximum Gasteiger partial charge on any atom is 0.317 e. The van der Waals surface area contributed by atoms with E-state index >= 15 is 0 Å². The van der Waals surface area contributed by atoms with Gasteiger partial charge in [0.15, 0.2) is 5.78 Å². The lowest BCUT2D eigenvalue weighted by atomic mass is 9.73. The Morgan fingerprint density at radius 3 is 2.52 bits per heavy atom. The van der Waals surface area contributed by atoms with E-state index in [9.17, 15) is 14.0 Å². The number of carbonyl (C=O) groups excluding carboxylic acids is 2. The number of ether oxygens (including phenoxy) is 1. The molecule has 0 saturated carbocycles. The molecule has 0 heterocycles. The lowest BCUT2D eigenvalue weighted by Crippen LogP contribution is -2.34. The van der Waals surface area contributed by atoms with Crippen LogP contribution in [0.1, 0.15) is 42.9 Å². The molecule has 3 nitrogen and oxygen atoms in total. The van der Waals surface area contributed by atoms with Crippen molar-refractivity contribution in [2.45, 2.75) is 32.6 Å². The standard InChI is InChI=1S/C23H23FO3/c1-3-15-8-10-16(11-9-15)20-13-18(17-6-5-7-19(24)12-17)14-21(25)22(20)23(26)27-4-2/h5-12,14,20,22H,3-4,13H2,1-2H3/t20-,22+/m0/s1. The zero-order valence-electron chi connectivity index (χ0n) is 15.6. The molecule has 0 unspecified atom stereocenters. The van der Waals surface area contributed by atoms with E-state index in [1.807, 2.05) is 24.3 Å². The van der Waals surface area contributed by atoms with Crippen LogP contribution in [0.15, 0.2) is 54.6 Å². The summed E-state index contributed by atoms with van der Waals surface area (Å²) in [5, 5.41) is 0. The lowest BCUT2D eigenvalue weighted by Gasteiger charge is -2.29. The third-order valence-electron chi connectivity index (χ3n) is 5.02. The number of ketones is 1. The highest BCUT2D eigenvalue weighted by molar-refractivity contribution is 6.10. The summed E-state index contributed by atoms with van der Waals surface area (Å²) in [5.74, 6) is -2.33. The maximum absolute atomic E-state index is 13.6. The Labute approximate surface area is 158 Å². The van der Waals surface area contributed by atoms with Gasteiger partial charge in [-0.15, -0.1) is 0 Å². The number of rotatable bonds is 5. The minimum absolute atomic E-state index is 0.227. The number of hydrogen-bond acceptors (Lipinski definition) is 3. The van der Waals surface area contributed by atoms with Gasteiger partial charge in [0.25, 0.3) is 0 Å².